The molecule has 0 aliphatic carbocycles. The van der Waals surface area contributed by atoms with Crippen LogP contribution in [-0.4, -0.2) is 40.4 Å². The minimum atomic E-state index is -0.729. The predicted octanol–water partition coefficient (Wildman–Crippen LogP) is 3.13. The fraction of sp³-hybridized carbons (Fsp3) is 0.450. The number of hydrogen-bond donors (Lipinski definition) is 1. The summed E-state index contributed by atoms with van der Waals surface area (Å²) in [5.74, 6) is -0.292. The molecule has 0 saturated heterocycles. The molecule has 1 unspecified atom stereocenters. The average molecular weight is 342 g/mol. The number of carbonyl (C=O) groups is 3. The van der Waals surface area contributed by atoms with Gasteiger partial charge in [0, 0.05) is 49.3 Å². The van der Waals surface area contributed by atoms with Gasteiger partial charge in [-0.05, 0) is 18.6 Å². The summed E-state index contributed by atoms with van der Waals surface area (Å²) in [5, 5.41) is 1.04. The number of amides is 1. The first-order valence-corrected chi connectivity index (χ1v) is 8.45. The zero-order valence-electron chi connectivity index (χ0n) is 15.6. The van der Waals surface area contributed by atoms with Crippen LogP contribution in [0.2, 0.25) is 0 Å². The van der Waals surface area contributed by atoms with Gasteiger partial charge in [0.2, 0.25) is 5.91 Å². The zero-order chi connectivity index (χ0) is 18.8. The van der Waals surface area contributed by atoms with Crippen molar-refractivity contribution < 1.29 is 14.4 Å². The van der Waals surface area contributed by atoms with Crippen molar-refractivity contribution in [2.45, 2.75) is 46.6 Å². The van der Waals surface area contributed by atoms with Gasteiger partial charge in [0.15, 0.2) is 5.78 Å². The highest BCUT2D eigenvalue weighted by Crippen LogP contribution is 2.26. The van der Waals surface area contributed by atoms with Gasteiger partial charge in [-0.25, -0.2) is 0 Å². The molecule has 1 aromatic heterocycles. The number of likely N-dealkylation sites (N-methyl/N-ethyl adjacent to an activating group) is 1. The van der Waals surface area contributed by atoms with E-state index in [1.807, 2.05) is 30.5 Å². The minimum absolute atomic E-state index is 0.0304. The topological polar surface area (TPSA) is 70.2 Å². The van der Waals surface area contributed by atoms with Crippen molar-refractivity contribution in [3.05, 3.63) is 36.0 Å². The molecular formula is C20H26N2O3. The molecule has 0 aliphatic rings. The van der Waals surface area contributed by atoms with E-state index >= 15 is 0 Å². The standard InChI is InChI=1S/C20H26N2O3/c1-13(23)20(3,4)11-19(25)18(22(5)14(2)24)10-15-12-21-17-9-7-6-8-16(15)17/h6-9,12,18,21H,10-11H2,1-5H3. The van der Waals surface area contributed by atoms with Gasteiger partial charge >= 0.3 is 0 Å². The molecule has 1 atom stereocenters. The Hall–Kier alpha value is -2.43. The van der Waals surface area contributed by atoms with Crippen molar-refractivity contribution in [3.8, 4) is 0 Å². The molecule has 134 valence electrons. The van der Waals surface area contributed by atoms with E-state index in [0.717, 1.165) is 16.5 Å². The Morgan fingerprint density at radius 1 is 1.16 bits per heavy atom. The molecule has 5 nitrogen and oxygen atoms in total. The highest BCUT2D eigenvalue weighted by atomic mass is 16.2. The van der Waals surface area contributed by atoms with Crippen LogP contribution in [0.1, 0.15) is 39.7 Å². The summed E-state index contributed by atoms with van der Waals surface area (Å²) < 4.78 is 0. The SMILES string of the molecule is CC(=O)N(C)C(Cc1c[nH]c2ccccc12)C(=O)CC(C)(C)C(C)=O. The van der Waals surface area contributed by atoms with Crippen LogP contribution in [-0.2, 0) is 20.8 Å². The van der Waals surface area contributed by atoms with E-state index in [9.17, 15) is 14.4 Å². The minimum Gasteiger partial charge on any atom is -0.361 e. The highest BCUT2D eigenvalue weighted by Gasteiger charge is 2.33. The van der Waals surface area contributed by atoms with E-state index in [0.29, 0.717) is 6.42 Å². The second-order valence-electron chi connectivity index (χ2n) is 7.29. The maximum Gasteiger partial charge on any atom is 0.219 e. The van der Waals surface area contributed by atoms with Crippen LogP contribution in [0.15, 0.2) is 30.5 Å². The second-order valence-corrected chi connectivity index (χ2v) is 7.29. The van der Waals surface area contributed by atoms with Crippen LogP contribution in [0, 0.1) is 5.41 Å². The molecule has 2 rings (SSSR count). The predicted molar refractivity (Wildman–Crippen MR) is 98.3 cm³/mol. The van der Waals surface area contributed by atoms with Crippen LogP contribution in [0.4, 0.5) is 0 Å². The third kappa shape index (κ3) is 4.16. The lowest BCUT2D eigenvalue weighted by molar-refractivity contribution is -0.138. The fourth-order valence-corrected chi connectivity index (χ4v) is 2.87. The molecule has 0 bridgehead atoms. The van der Waals surface area contributed by atoms with Crippen LogP contribution in [0.5, 0.6) is 0 Å². The molecule has 1 amide bonds. The van der Waals surface area contributed by atoms with Crippen LogP contribution in [0.25, 0.3) is 10.9 Å². The monoisotopic (exact) mass is 342 g/mol. The lowest BCUT2D eigenvalue weighted by atomic mass is 9.81. The summed E-state index contributed by atoms with van der Waals surface area (Å²) in [6.07, 6.45) is 2.43. The molecule has 0 saturated carbocycles. The summed E-state index contributed by atoms with van der Waals surface area (Å²) in [5.41, 5.74) is 1.26. The number of para-hydroxylation sites is 1. The first kappa shape index (κ1) is 18.9. The maximum atomic E-state index is 12.9. The van der Waals surface area contributed by atoms with E-state index < -0.39 is 11.5 Å². The number of nitrogens with one attached hydrogen (secondary N) is 1. The maximum absolute atomic E-state index is 12.9. The summed E-state index contributed by atoms with van der Waals surface area (Å²) in [6.45, 7) is 6.48. The van der Waals surface area contributed by atoms with Crippen molar-refractivity contribution in [3.63, 3.8) is 0 Å². The lowest BCUT2D eigenvalue weighted by Crippen LogP contribution is -2.44. The number of ketones is 2. The molecule has 1 aromatic carbocycles. The summed E-state index contributed by atoms with van der Waals surface area (Å²) in [7, 11) is 1.64. The number of fused-ring (bicyclic) bond motifs is 1. The van der Waals surface area contributed by atoms with Crippen LogP contribution < -0.4 is 0 Å². The molecule has 25 heavy (non-hydrogen) atoms. The van der Waals surface area contributed by atoms with Gasteiger partial charge in [-0.1, -0.05) is 32.0 Å². The molecule has 0 fully saturated rings. The van der Waals surface area contributed by atoms with Crippen LogP contribution >= 0.6 is 0 Å². The first-order chi connectivity index (χ1) is 11.6. The Labute approximate surface area is 148 Å². The van der Waals surface area contributed by atoms with Crippen molar-refractivity contribution >= 4 is 28.4 Å². The van der Waals surface area contributed by atoms with Gasteiger partial charge in [-0.3, -0.25) is 14.4 Å². The van der Waals surface area contributed by atoms with Crippen molar-refractivity contribution in [2.24, 2.45) is 5.41 Å². The van der Waals surface area contributed by atoms with Gasteiger partial charge in [0.05, 0.1) is 6.04 Å². The van der Waals surface area contributed by atoms with Gasteiger partial charge in [-0.15, -0.1) is 0 Å². The zero-order valence-corrected chi connectivity index (χ0v) is 15.6. The van der Waals surface area contributed by atoms with Crippen molar-refractivity contribution in [1.29, 1.82) is 0 Å². The van der Waals surface area contributed by atoms with E-state index in [1.54, 1.807) is 20.9 Å². The van der Waals surface area contributed by atoms with Gasteiger partial charge in [0.25, 0.3) is 0 Å². The molecular weight excluding hydrogens is 316 g/mol. The van der Waals surface area contributed by atoms with Gasteiger partial charge in [0.1, 0.15) is 5.78 Å². The van der Waals surface area contributed by atoms with E-state index in [4.69, 9.17) is 0 Å². The van der Waals surface area contributed by atoms with Gasteiger partial charge < -0.3 is 9.88 Å². The third-order valence-electron chi connectivity index (χ3n) is 4.99. The molecule has 1 N–H and O–H groups in total. The number of Topliss-reactive ketones (excluding diaryl/α,β-unsaturated/α-hetero) is 2. The largest absolute Gasteiger partial charge is 0.361 e. The van der Waals surface area contributed by atoms with Crippen molar-refractivity contribution in [2.75, 3.05) is 7.05 Å². The summed E-state index contributed by atoms with van der Waals surface area (Å²) >= 11 is 0. The fourth-order valence-electron chi connectivity index (χ4n) is 2.87. The Bertz CT molecular complexity index is 804. The number of H-pyrrole nitrogens is 1. The lowest BCUT2D eigenvalue weighted by Gasteiger charge is -2.29. The Morgan fingerprint density at radius 2 is 1.80 bits per heavy atom. The van der Waals surface area contributed by atoms with Crippen LogP contribution in [0.3, 0.4) is 0 Å². The summed E-state index contributed by atoms with van der Waals surface area (Å²) in [4.78, 5) is 41.2. The van der Waals surface area contributed by atoms with Gasteiger partial charge in [-0.2, -0.15) is 0 Å². The third-order valence-corrected chi connectivity index (χ3v) is 4.99. The Balaban J connectivity index is 2.32. The number of carbonyl (C=O) groups excluding carboxylic acids is 3. The number of aromatic amines is 1. The summed E-state index contributed by atoms with van der Waals surface area (Å²) in [6, 6.07) is 7.28. The smallest absolute Gasteiger partial charge is 0.219 e. The molecule has 2 aromatic rings. The van der Waals surface area contributed by atoms with E-state index in [-0.39, 0.29) is 23.9 Å². The number of hydrogen-bond acceptors (Lipinski definition) is 3. The Morgan fingerprint density at radius 3 is 2.40 bits per heavy atom. The average Bonchev–Trinajstić information content (AvgIpc) is 2.94. The molecule has 0 spiro atoms. The molecule has 0 aliphatic heterocycles. The number of benzene rings is 1. The molecule has 5 heteroatoms. The highest BCUT2D eigenvalue weighted by molar-refractivity contribution is 5.94. The Kier molecular flexibility index (Phi) is 5.45. The number of rotatable bonds is 7. The van der Waals surface area contributed by atoms with Crippen molar-refractivity contribution in [1.82, 2.24) is 9.88 Å². The first-order valence-electron chi connectivity index (χ1n) is 8.45. The van der Waals surface area contributed by atoms with E-state index in [2.05, 4.69) is 4.98 Å². The van der Waals surface area contributed by atoms with E-state index in [1.165, 1.54) is 18.7 Å². The number of aromatic nitrogens is 1. The second kappa shape index (κ2) is 7.21. The normalized spacial score (nSPS) is 12.8. The number of nitrogens with zero attached hydrogens (tertiary/aromatic N) is 1. The molecule has 1 heterocycles. The quantitative estimate of drug-likeness (QED) is 0.840. The molecule has 0 radical (unpaired) electrons.